The topological polar surface area (TPSA) is 68.9 Å². The predicted molar refractivity (Wildman–Crippen MR) is 83.2 cm³/mol. The molecule has 1 atom stereocenters. The van der Waals surface area contributed by atoms with Crippen LogP contribution in [0.5, 0.6) is 0 Å². The van der Waals surface area contributed by atoms with Crippen LogP contribution in [-0.4, -0.2) is 26.3 Å². The number of nitrogens with zero attached hydrogens (tertiary/aromatic N) is 3. The molecule has 0 unspecified atom stereocenters. The molecule has 1 aromatic carbocycles. The molecule has 22 heavy (non-hydrogen) atoms. The van der Waals surface area contributed by atoms with Gasteiger partial charge in [0.25, 0.3) is 0 Å². The third kappa shape index (κ3) is 2.68. The number of nitrogens with one attached hydrogen (secondary N) is 1. The Labute approximate surface area is 128 Å². The largest absolute Gasteiger partial charge is 0.364 e. The molecule has 1 aliphatic carbocycles. The van der Waals surface area contributed by atoms with Crippen molar-refractivity contribution in [1.82, 2.24) is 19.7 Å². The van der Waals surface area contributed by atoms with Crippen molar-refractivity contribution in [2.45, 2.75) is 45.7 Å². The standard InChI is InChI=1S/C16H20N4O2/c1-10-4-5-11(2)14(8-10)19-9-17-16(22)20(19)12(3)15(21)18-13-6-7-13/h4-5,8-9,12-13H,6-7H2,1-3H3,(H,18,21)/t12-/m1/s1. The van der Waals surface area contributed by atoms with Crippen LogP contribution in [0.1, 0.15) is 36.9 Å². The van der Waals surface area contributed by atoms with Crippen molar-refractivity contribution in [3.8, 4) is 5.69 Å². The zero-order valence-electron chi connectivity index (χ0n) is 13.0. The summed E-state index contributed by atoms with van der Waals surface area (Å²) in [6.07, 6.45) is 3.51. The van der Waals surface area contributed by atoms with E-state index < -0.39 is 11.7 Å². The third-order valence-electron chi connectivity index (χ3n) is 3.99. The van der Waals surface area contributed by atoms with Crippen LogP contribution in [0.15, 0.2) is 29.3 Å². The Kier molecular flexibility index (Phi) is 3.60. The first-order chi connectivity index (χ1) is 10.5. The van der Waals surface area contributed by atoms with Crippen LogP contribution in [0, 0.1) is 13.8 Å². The molecule has 0 radical (unpaired) electrons. The van der Waals surface area contributed by atoms with Crippen LogP contribution in [-0.2, 0) is 4.79 Å². The third-order valence-corrected chi connectivity index (χ3v) is 3.99. The van der Waals surface area contributed by atoms with E-state index in [1.165, 1.54) is 11.0 Å². The second-order valence-corrected chi connectivity index (χ2v) is 5.97. The lowest BCUT2D eigenvalue weighted by Gasteiger charge is -2.18. The molecule has 0 saturated heterocycles. The molecular formula is C16H20N4O2. The summed E-state index contributed by atoms with van der Waals surface area (Å²) in [5.41, 5.74) is 2.55. The minimum atomic E-state index is -0.601. The number of carbonyl (C=O) groups is 1. The summed E-state index contributed by atoms with van der Waals surface area (Å²) in [5, 5.41) is 2.93. The quantitative estimate of drug-likeness (QED) is 0.930. The Hall–Kier alpha value is -2.37. The van der Waals surface area contributed by atoms with Gasteiger partial charge in [-0.1, -0.05) is 12.1 Å². The molecule has 6 nitrogen and oxygen atoms in total. The molecular weight excluding hydrogens is 280 g/mol. The minimum absolute atomic E-state index is 0.142. The van der Waals surface area contributed by atoms with Gasteiger partial charge in [-0.2, -0.15) is 4.98 Å². The number of amides is 1. The zero-order valence-corrected chi connectivity index (χ0v) is 13.0. The Bertz CT molecular complexity index is 771. The number of aromatic nitrogens is 3. The molecule has 1 aliphatic rings. The molecule has 0 spiro atoms. The maximum absolute atomic E-state index is 12.3. The van der Waals surface area contributed by atoms with E-state index in [4.69, 9.17) is 0 Å². The number of carbonyl (C=O) groups excluding carboxylic acids is 1. The molecule has 1 fully saturated rings. The Balaban J connectivity index is 2.01. The molecule has 116 valence electrons. The van der Waals surface area contributed by atoms with E-state index in [-0.39, 0.29) is 11.9 Å². The molecule has 0 bridgehead atoms. The van der Waals surface area contributed by atoms with Crippen LogP contribution < -0.4 is 11.0 Å². The Morgan fingerprint density at radius 3 is 2.77 bits per heavy atom. The number of aryl methyl sites for hydroxylation is 2. The number of hydrogen-bond donors (Lipinski definition) is 1. The van der Waals surface area contributed by atoms with Crippen molar-refractivity contribution in [3.63, 3.8) is 0 Å². The predicted octanol–water partition coefficient (Wildman–Crippen LogP) is 1.49. The van der Waals surface area contributed by atoms with E-state index in [9.17, 15) is 9.59 Å². The number of benzene rings is 1. The van der Waals surface area contributed by atoms with E-state index >= 15 is 0 Å². The van der Waals surface area contributed by atoms with E-state index in [0.29, 0.717) is 0 Å². The van der Waals surface area contributed by atoms with Crippen LogP contribution in [0.3, 0.4) is 0 Å². The number of hydrogen-bond acceptors (Lipinski definition) is 3. The van der Waals surface area contributed by atoms with E-state index in [1.54, 1.807) is 11.6 Å². The molecule has 2 aromatic rings. The van der Waals surface area contributed by atoms with E-state index in [0.717, 1.165) is 29.7 Å². The van der Waals surface area contributed by atoms with Gasteiger partial charge >= 0.3 is 5.69 Å². The first-order valence-electron chi connectivity index (χ1n) is 7.51. The summed E-state index contributed by atoms with van der Waals surface area (Å²) in [6.45, 7) is 5.69. The molecule has 3 rings (SSSR count). The lowest BCUT2D eigenvalue weighted by atomic mass is 10.1. The van der Waals surface area contributed by atoms with Crippen molar-refractivity contribution in [2.75, 3.05) is 0 Å². The lowest BCUT2D eigenvalue weighted by molar-refractivity contribution is -0.124. The summed E-state index contributed by atoms with van der Waals surface area (Å²) in [7, 11) is 0. The summed E-state index contributed by atoms with van der Waals surface area (Å²) in [5.74, 6) is -0.142. The monoisotopic (exact) mass is 300 g/mol. The average molecular weight is 300 g/mol. The highest BCUT2D eigenvalue weighted by Gasteiger charge is 2.28. The van der Waals surface area contributed by atoms with Gasteiger partial charge in [0.2, 0.25) is 5.91 Å². The molecule has 1 amide bonds. The highest BCUT2D eigenvalue weighted by atomic mass is 16.2. The highest BCUT2D eigenvalue weighted by Crippen LogP contribution is 2.20. The summed E-state index contributed by atoms with van der Waals surface area (Å²) >= 11 is 0. The normalized spacial score (nSPS) is 15.6. The SMILES string of the molecule is Cc1ccc(C)c(-n2cnc(=O)n2[C@H](C)C(=O)NC2CC2)c1. The van der Waals surface area contributed by atoms with E-state index in [2.05, 4.69) is 10.3 Å². The molecule has 1 aromatic heterocycles. The van der Waals surface area contributed by atoms with Gasteiger partial charge in [-0.25, -0.2) is 14.2 Å². The Morgan fingerprint density at radius 1 is 1.36 bits per heavy atom. The van der Waals surface area contributed by atoms with Crippen LogP contribution >= 0.6 is 0 Å². The van der Waals surface area contributed by atoms with Crippen molar-refractivity contribution >= 4 is 5.91 Å². The summed E-state index contributed by atoms with van der Waals surface area (Å²) in [6, 6.07) is 5.66. The maximum Gasteiger partial charge on any atom is 0.364 e. The van der Waals surface area contributed by atoms with E-state index in [1.807, 2.05) is 32.0 Å². The van der Waals surface area contributed by atoms with Gasteiger partial charge in [-0.05, 0) is 50.8 Å². The van der Waals surface area contributed by atoms with Gasteiger partial charge in [0.1, 0.15) is 12.4 Å². The second-order valence-electron chi connectivity index (χ2n) is 5.97. The fourth-order valence-corrected chi connectivity index (χ4v) is 2.47. The smallest absolute Gasteiger partial charge is 0.352 e. The fraction of sp³-hybridized carbons (Fsp3) is 0.438. The van der Waals surface area contributed by atoms with Gasteiger partial charge in [0.05, 0.1) is 5.69 Å². The maximum atomic E-state index is 12.3. The van der Waals surface area contributed by atoms with Crippen LogP contribution in [0.4, 0.5) is 0 Å². The average Bonchev–Trinajstić information content (AvgIpc) is 3.21. The molecule has 1 N–H and O–H groups in total. The van der Waals surface area contributed by atoms with Gasteiger partial charge in [0.15, 0.2) is 0 Å². The molecule has 6 heteroatoms. The van der Waals surface area contributed by atoms with Crippen molar-refractivity contribution in [2.24, 2.45) is 0 Å². The van der Waals surface area contributed by atoms with Crippen molar-refractivity contribution < 1.29 is 4.79 Å². The van der Waals surface area contributed by atoms with Crippen molar-refractivity contribution in [1.29, 1.82) is 0 Å². The minimum Gasteiger partial charge on any atom is -0.352 e. The second kappa shape index (κ2) is 5.44. The van der Waals surface area contributed by atoms with Crippen LogP contribution in [0.25, 0.3) is 5.69 Å². The van der Waals surface area contributed by atoms with Crippen molar-refractivity contribution in [3.05, 3.63) is 46.1 Å². The first-order valence-corrected chi connectivity index (χ1v) is 7.51. The fourth-order valence-electron chi connectivity index (χ4n) is 2.47. The summed E-state index contributed by atoms with van der Waals surface area (Å²) < 4.78 is 3.07. The van der Waals surface area contributed by atoms with Gasteiger partial charge in [0, 0.05) is 6.04 Å². The molecule has 1 saturated carbocycles. The van der Waals surface area contributed by atoms with Gasteiger partial charge < -0.3 is 5.32 Å². The number of rotatable bonds is 4. The van der Waals surface area contributed by atoms with Gasteiger partial charge in [-0.3, -0.25) is 4.79 Å². The van der Waals surface area contributed by atoms with Gasteiger partial charge in [-0.15, -0.1) is 0 Å². The molecule has 0 aliphatic heterocycles. The first kappa shape index (κ1) is 14.6. The summed E-state index contributed by atoms with van der Waals surface area (Å²) in [4.78, 5) is 28.2. The Morgan fingerprint density at radius 2 is 2.09 bits per heavy atom. The highest BCUT2D eigenvalue weighted by molar-refractivity contribution is 5.80. The van der Waals surface area contributed by atoms with Crippen LogP contribution in [0.2, 0.25) is 0 Å². The zero-order chi connectivity index (χ0) is 15.9. The molecule has 1 heterocycles. The lowest BCUT2D eigenvalue weighted by Crippen LogP contribution is -2.38.